The van der Waals surface area contributed by atoms with Crippen molar-refractivity contribution in [2.45, 2.75) is 26.6 Å². The highest BCUT2D eigenvalue weighted by Crippen LogP contribution is 2.29. The quantitative estimate of drug-likeness (QED) is 0.839. The number of alkyl halides is 3. The summed E-state index contributed by atoms with van der Waals surface area (Å²) in [5.74, 6) is 0. The van der Waals surface area contributed by atoms with Crippen molar-refractivity contribution < 1.29 is 13.2 Å². The van der Waals surface area contributed by atoms with E-state index in [9.17, 15) is 13.2 Å². The summed E-state index contributed by atoms with van der Waals surface area (Å²) in [6, 6.07) is 2.01. The molecule has 0 amide bonds. The molecule has 94 valence electrons. The number of hydrogen-bond donors (Lipinski definition) is 1. The third kappa shape index (κ3) is 2.97. The summed E-state index contributed by atoms with van der Waals surface area (Å²) in [7, 11) is 0. The van der Waals surface area contributed by atoms with Gasteiger partial charge in [0.1, 0.15) is 5.65 Å². The number of halogens is 3. The molecule has 0 aliphatic carbocycles. The molecule has 0 aromatic carbocycles. The molecule has 0 spiro atoms. The lowest BCUT2D eigenvalue weighted by Crippen LogP contribution is -2.05. The van der Waals surface area contributed by atoms with Crippen LogP contribution in [-0.2, 0) is 12.7 Å². The number of pyridine rings is 1. The molecule has 6 heteroatoms. The van der Waals surface area contributed by atoms with Crippen molar-refractivity contribution in [3.63, 3.8) is 0 Å². The molecule has 0 unspecified atom stereocenters. The van der Waals surface area contributed by atoms with Gasteiger partial charge in [-0.25, -0.2) is 4.98 Å². The number of nitrogens with zero attached hydrogens (tertiary/aromatic N) is 2. The van der Waals surface area contributed by atoms with E-state index >= 15 is 0 Å². The van der Waals surface area contributed by atoms with Gasteiger partial charge in [-0.1, -0.05) is 13.8 Å². The van der Waals surface area contributed by atoms with Crippen molar-refractivity contribution in [2.75, 3.05) is 0 Å². The van der Waals surface area contributed by atoms with Crippen LogP contribution in [0.4, 0.5) is 13.2 Å². The Kier molecular flexibility index (Phi) is 4.11. The van der Waals surface area contributed by atoms with Crippen molar-refractivity contribution in [3.05, 3.63) is 35.8 Å². The van der Waals surface area contributed by atoms with E-state index in [0.29, 0.717) is 5.69 Å². The molecule has 2 heterocycles. The monoisotopic (exact) mass is 245 g/mol. The first kappa shape index (κ1) is 13.5. The second-order valence-corrected chi connectivity index (χ2v) is 3.12. The van der Waals surface area contributed by atoms with E-state index in [-0.39, 0.29) is 12.2 Å². The average molecular weight is 245 g/mol. The van der Waals surface area contributed by atoms with Crippen molar-refractivity contribution in [1.29, 1.82) is 0 Å². The van der Waals surface area contributed by atoms with Crippen molar-refractivity contribution >= 4 is 5.65 Å². The normalized spacial score (nSPS) is 11.2. The minimum absolute atomic E-state index is 0.211. The molecule has 0 saturated carbocycles. The van der Waals surface area contributed by atoms with Gasteiger partial charge < -0.3 is 10.1 Å². The van der Waals surface area contributed by atoms with Crippen LogP contribution >= 0.6 is 0 Å². The Morgan fingerprint density at radius 2 is 2.00 bits per heavy atom. The van der Waals surface area contributed by atoms with E-state index in [4.69, 9.17) is 5.73 Å². The number of nitrogens with two attached hydrogens (primary N) is 1. The fourth-order valence-electron chi connectivity index (χ4n) is 1.31. The van der Waals surface area contributed by atoms with E-state index in [1.165, 1.54) is 10.6 Å². The van der Waals surface area contributed by atoms with Gasteiger partial charge in [-0.3, -0.25) is 0 Å². The first-order valence-corrected chi connectivity index (χ1v) is 5.25. The van der Waals surface area contributed by atoms with Crippen LogP contribution in [-0.4, -0.2) is 9.38 Å². The molecule has 2 aromatic heterocycles. The number of rotatable bonds is 1. The largest absolute Gasteiger partial charge is 0.416 e. The van der Waals surface area contributed by atoms with E-state index < -0.39 is 11.7 Å². The van der Waals surface area contributed by atoms with Gasteiger partial charge in [0, 0.05) is 18.9 Å². The molecule has 2 N–H and O–H groups in total. The Morgan fingerprint density at radius 3 is 2.53 bits per heavy atom. The minimum Gasteiger partial charge on any atom is -0.325 e. The van der Waals surface area contributed by atoms with Gasteiger partial charge in [0.15, 0.2) is 0 Å². The van der Waals surface area contributed by atoms with E-state index in [1.807, 2.05) is 13.8 Å². The maximum Gasteiger partial charge on any atom is 0.416 e. The highest BCUT2D eigenvalue weighted by molar-refractivity contribution is 5.43. The number of fused-ring (bicyclic) bond motifs is 1. The Hall–Kier alpha value is -1.56. The minimum atomic E-state index is -4.34. The van der Waals surface area contributed by atoms with Crippen LogP contribution in [0.25, 0.3) is 5.65 Å². The average Bonchev–Trinajstić information content (AvgIpc) is 2.72. The predicted octanol–water partition coefficient (Wildman–Crippen LogP) is 2.84. The van der Waals surface area contributed by atoms with Gasteiger partial charge in [-0.15, -0.1) is 0 Å². The van der Waals surface area contributed by atoms with Crippen LogP contribution in [0.2, 0.25) is 0 Å². The third-order valence-corrected chi connectivity index (χ3v) is 2.05. The van der Waals surface area contributed by atoms with Gasteiger partial charge in [0.2, 0.25) is 0 Å². The lowest BCUT2D eigenvalue weighted by atomic mass is 10.2. The van der Waals surface area contributed by atoms with Gasteiger partial charge in [-0.05, 0) is 12.1 Å². The number of hydrogen-bond acceptors (Lipinski definition) is 2. The zero-order valence-electron chi connectivity index (χ0n) is 9.62. The molecule has 0 fully saturated rings. The summed E-state index contributed by atoms with van der Waals surface area (Å²) in [6.07, 6.45) is -1.41. The second-order valence-electron chi connectivity index (χ2n) is 3.12. The van der Waals surface area contributed by atoms with Crippen LogP contribution in [0, 0.1) is 0 Å². The summed E-state index contributed by atoms with van der Waals surface area (Å²) in [5.41, 5.74) is 5.45. The van der Waals surface area contributed by atoms with Gasteiger partial charge in [0.05, 0.1) is 11.3 Å². The first-order valence-electron chi connectivity index (χ1n) is 5.25. The molecule has 0 bridgehead atoms. The highest BCUT2D eigenvalue weighted by Gasteiger charge is 2.30. The molecule has 2 aromatic rings. The van der Waals surface area contributed by atoms with Crippen molar-refractivity contribution in [2.24, 2.45) is 5.73 Å². The number of imidazole rings is 1. The maximum absolute atomic E-state index is 12.3. The Labute approximate surface area is 97.1 Å². The Bertz CT molecular complexity index is 488. The highest BCUT2D eigenvalue weighted by atomic mass is 19.4. The number of aromatic nitrogens is 2. The second kappa shape index (κ2) is 5.18. The standard InChI is InChI=1S/C9H8F3N3.C2H6/c10-9(11,12)6-1-2-15-5-7(4-13)14-8(15)3-6;1-2/h1-3,5H,4,13H2;1-2H3. The molecule has 17 heavy (non-hydrogen) atoms. The van der Waals surface area contributed by atoms with Crippen molar-refractivity contribution in [3.8, 4) is 0 Å². The molecule has 3 nitrogen and oxygen atoms in total. The summed E-state index contributed by atoms with van der Waals surface area (Å²) in [4.78, 5) is 3.94. The summed E-state index contributed by atoms with van der Waals surface area (Å²) in [6.45, 7) is 4.21. The molecule has 0 radical (unpaired) electrons. The lowest BCUT2D eigenvalue weighted by Gasteiger charge is -2.05. The van der Waals surface area contributed by atoms with Crippen LogP contribution in [0.15, 0.2) is 24.5 Å². The van der Waals surface area contributed by atoms with Crippen LogP contribution < -0.4 is 5.73 Å². The summed E-state index contributed by atoms with van der Waals surface area (Å²) >= 11 is 0. The van der Waals surface area contributed by atoms with Gasteiger partial charge in [-0.2, -0.15) is 13.2 Å². The molecule has 0 atom stereocenters. The predicted molar refractivity (Wildman–Crippen MR) is 59.4 cm³/mol. The molecular weight excluding hydrogens is 231 g/mol. The van der Waals surface area contributed by atoms with E-state index in [1.54, 1.807) is 6.20 Å². The maximum atomic E-state index is 12.3. The van der Waals surface area contributed by atoms with E-state index in [0.717, 1.165) is 12.1 Å². The van der Waals surface area contributed by atoms with Crippen LogP contribution in [0.5, 0.6) is 0 Å². The molecule has 0 aliphatic rings. The third-order valence-electron chi connectivity index (χ3n) is 2.05. The van der Waals surface area contributed by atoms with Crippen LogP contribution in [0.3, 0.4) is 0 Å². The lowest BCUT2D eigenvalue weighted by molar-refractivity contribution is -0.137. The SMILES string of the molecule is CC.NCc1cn2ccc(C(F)(F)F)cc2n1. The van der Waals surface area contributed by atoms with Gasteiger partial charge in [0.25, 0.3) is 0 Å². The van der Waals surface area contributed by atoms with Crippen LogP contribution in [0.1, 0.15) is 25.1 Å². The zero-order valence-corrected chi connectivity index (χ0v) is 9.62. The molecular formula is C11H14F3N3. The molecule has 2 rings (SSSR count). The van der Waals surface area contributed by atoms with E-state index in [2.05, 4.69) is 4.98 Å². The topological polar surface area (TPSA) is 43.3 Å². The smallest absolute Gasteiger partial charge is 0.325 e. The summed E-state index contributed by atoms with van der Waals surface area (Å²) in [5, 5.41) is 0. The fraction of sp³-hybridized carbons (Fsp3) is 0.364. The molecule has 0 saturated heterocycles. The zero-order chi connectivity index (χ0) is 13.1. The van der Waals surface area contributed by atoms with Crippen molar-refractivity contribution in [1.82, 2.24) is 9.38 Å². The fourth-order valence-corrected chi connectivity index (χ4v) is 1.31. The Morgan fingerprint density at radius 1 is 1.35 bits per heavy atom. The first-order chi connectivity index (χ1) is 8.00. The van der Waals surface area contributed by atoms with Gasteiger partial charge >= 0.3 is 6.18 Å². The summed E-state index contributed by atoms with van der Waals surface area (Å²) < 4.78 is 38.5. The molecule has 0 aliphatic heterocycles. The Balaban J connectivity index is 0.000000686.